The van der Waals surface area contributed by atoms with E-state index in [0.717, 1.165) is 0 Å². The average Bonchev–Trinajstić information content (AvgIpc) is 2.28. The number of hydrogen-bond donors (Lipinski definition) is 3. The Balaban J connectivity index is 2.94. The highest BCUT2D eigenvalue weighted by Crippen LogP contribution is 2.19. The normalized spacial score (nSPS) is 12.7. The summed E-state index contributed by atoms with van der Waals surface area (Å²) in [7, 11) is -7.48. The van der Waals surface area contributed by atoms with E-state index in [0.29, 0.717) is 17.8 Å². The van der Waals surface area contributed by atoms with E-state index in [2.05, 4.69) is 9.44 Å². The van der Waals surface area contributed by atoms with Crippen molar-refractivity contribution in [3.05, 3.63) is 23.8 Å². The van der Waals surface area contributed by atoms with Crippen molar-refractivity contribution in [1.29, 1.82) is 0 Å². The van der Waals surface area contributed by atoms with Crippen molar-refractivity contribution in [2.75, 3.05) is 11.3 Å². The van der Waals surface area contributed by atoms with Gasteiger partial charge in [-0.2, -0.15) is 13.1 Å². The quantitative estimate of drug-likeness (QED) is 0.708. The number of sulfonamides is 1. The third-order valence-corrected chi connectivity index (χ3v) is 4.40. The summed E-state index contributed by atoms with van der Waals surface area (Å²) in [5, 5.41) is 5.01. The van der Waals surface area contributed by atoms with Crippen LogP contribution in [0.25, 0.3) is 0 Å². The molecule has 114 valence electrons. The molecule has 0 atom stereocenters. The molecule has 0 amide bonds. The summed E-state index contributed by atoms with van der Waals surface area (Å²) >= 11 is 0. The fourth-order valence-electron chi connectivity index (χ4n) is 1.38. The zero-order valence-electron chi connectivity index (χ0n) is 11.5. The van der Waals surface area contributed by atoms with Crippen LogP contribution < -0.4 is 14.6 Å². The maximum absolute atomic E-state index is 11.8. The minimum atomic E-state index is -3.80. The molecular formula is C11H19N3O4S2. The van der Waals surface area contributed by atoms with Crippen LogP contribution in [0.2, 0.25) is 0 Å². The van der Waals surface area contributed by atoms with E-state index in [4.69, 9.17) is 5.14 Å². The third-order valence-electron chi connectivity index (χ3n) is 2.45. The van der Waals surface area contributed by atoms with Crippen molar-refractivity contribution in [1.82, 2.24) is 4.72 Å². The number of rotatable bonds is 6. The standard InChI is InChI=1S/C11H19N3O4S2/c1-8(2)7-13-20(17,18)14-11-5-4-10(6-9(11)3)19(12,15)16/h4-6,8,13-14H,7H2,1-3H3,(H2,12,15,16). The summed E-state index contributed by atoms with van der Waals surface area (Å²) < 4.78 is 50.7. The molecule has 4 N–H and O–H groups in total. The van der Waals surface area contributed by atoms with E-state index in [1.54, 1.807) is 6.92 Å². The molecule has 0 aliphatic heterocycles. The summed E-state index contributed by atoms with van der Waals surface area (Å²) in [5.74, 6) is 0.178. The van der Waals surface area contributed by atoms with Crippen LogP contribution in [-0.4, -0.2) is 23.4 Å². The Kier molecular flexibility index (Phi) is 5.14. The van der Waals surface area contributed by atoms with Crippen LogP contribution >= 0.6 is 0 Å². The fourth-order valence-corrected chi connectivity index (χ4v) is 3.13. The molecule has 7 nitrogen and oxygen atoms in total. The average molecular weight is 321 g/mol. The SMILES string of the molecule is Cc1cc(S(N)(=O)=O)ccc1NS(=O)(=O)NCC(C)C. The first-order valence-electron chi connectivity index (χ1n) is 5.92. The van der Waals surface area contributed by atoms with Crippen LogP contribution in [0.15, 0.2) is 23.1 Å². The maximum Gasteiger partial charge on any atom is 0.299 e. The molecule has 0 radical (unpaired) electrons. The minimum Gasteiger partial charge on any atom is -0.271 e. The number of nitrogens with one attached hydrogen (secondary N) is 2. The highest BCUT2D eigenvalue weighted by molar-refractivity contribution is 7.90. The molecule has 0 saturated carbocycles. The van der Waals surface area contributed by atoms with Gasteiger partial charge in [-0.3, -0.25) is 4.72 Å². The molecule has 0 bridgehead atoms. The Hall–Kier alpha value is -1.16. The van der Waals surface area contributed by atoms with Gasteiger partial charge in [0.1, 0.15) is 0 Å². The molecule has 0 spiro atoms. The van der Waals surface area contributed by atoms with Gasteiger partial charge in [-0.25, -0.2) is 13.6 Å². The van der Waals surface area contributed by atoms with Gasteiger partial charge in [0, 0.05) is 6.54 Å². The number of hydrogen-bond acceptors (Lipinski definition) is 4. The van der Waals surface area contributed by atoms with Crippen LogP contribution in [0.3, 0.4) is 0 Å². The Bertz CT molecular complexity index is 682. The van der Waals surface area contributed by atoms with Crippen LogP contribution in [0.1, 0.15) is 19.4 Å². The molecule has 1 aromatic carbocycles. The Morgan fingerprint density at radius 1 is 1.20 bits per heavy atom. The lowest BCUT2D eigenvalue weighted by atomic mass is 10.2. The number of benzene rings is 1. The number of primary sulfonamides is 1. The second-order valence-electron chi connectivity index (χ2n) is 4.87. The highest BCUT2D eigenvalue weighted by atomic mass is 32.2. The van der Waals surface area contributed by atoms with Gasteiger partial charge in [0.25, 0.3) is 10.2 Å². The monoisotopic (exact) mass is 321 g/mol. The van der Waals surface area contributed by atoms with E-state index < -0.39 is 20.2 Å². The van der Waals surface area contributed by atoms with Crippen molar-refractivity contribution >= 4 is 25.9 Å². The Morgan fingerprint density at radius 2 is 1.80 bits per heavy atom. The molecule has 9 heteroatoms. The van der Waals surface area contributed by atoms with Gasteiger partial charge >= 0.3 is 0 Å². The number of aryl methyl sites for hydroxylation is 1. The van der Waals surface area contributed by atoms with Crippen molar-refractivity contribution in [2.45, 2.75) is 25.7 Å². The molecule has 20 heavy (non-hydrogen) atoms. The summed E-state index contributed by atoms with van der Waals surface area (Å²) in [6, 6.07) is 3.93. The van der Waals surface area contributed by atoms with Crippen LogP contribution in [0.5, 0.6) is 0 Å². The molecule has 0 aromatic heterocycles. The second-order valence-corrected chi connectivity index (χ2v) is 7.93. The maximum atomic E-state index is 11.8. The lowest BCUT2D eigenvalue weighted by Gasteiger charge is -2.13. The fraction of sp³-hybridized carbons (Fsp3) is 0.455. The molecule has 0 aliphatic carbocycles. The summed E-state index contributed by atoms with van der Waals surface area (Å²) in [6.07, 6.45) is 0. The molecule has 0 fully saturated rings. The van der Waals surface area contributed by atoms with Crippen molar-refractivity contribution in [3.63, 3.8) is 0 Å². The van der Waals surface area contributed by atoms with Gasteiger partial charge in [0.05, 0.1) is 10.6 Å². The predicted molar refractivity (Wildman–Crippen MR) is 77.9 cm³/mol. The van der Waals surface area contributed by atoms with Gasteiger partial charge in [-0.05, 0) is 36.6 Å². The topological polar surface area (TPSA) is 118 Å². The van der Waals surface area contributed by atoms with E-state index in [1.165, 1.54) is 18.2 Å². The second kappa shape index (κ2) is 6.08. The van der Waals surface area contributed by atoms with Gasteiger partial charge < -0.3 is 0 Å². The molecule has 0 saturated heterocycles. The first-order chi connectivity index (χ1) is 9.01. The largest absolute Gasteiger partial charge is 0.299 e. The number of nitrogens with two attached hydrogens (primary N) is 1. The minimum absolute atomic E-state index is 0.0620. The van der Waals surface area contributed by atoms with Crippen LogP contribution in [0.4, 0.5) is 5.69 Å². The first-order valence-corrected chi connectivity index (χ1v) is 8.95. The lowest BCUT2D eigenvalue weighted by Crippen LogP contribution is -2.33. The van der Waals surface area contributed by atoms with Crippen molar-refractivity contribution < 1.29 is 16.8 Å². The number of anilines is 1. The highest BCUT2D eigenvalue weighted by Gasteiger charge is 2.14. The van der Waals surface area contributed by atoms with Crippen molar-refractivity contribution in [2.24, 2.45) is 11.1 Å². The summed E-state index contributed by atoms with van der Waals surface area (Å²) in [4.78, 5) is -0.0620. The predicted octanol–water partition coefficient (Wildman–Crippen LogP) is 0.545. The lowest BCUT2D eigenvalue weighted by molar-refractivity contribution is 0.565. The van der Waals surface area contributed by atoms with Gasteiger partial charge in [0.2, 0.25) is 10.0 Å². The summed E-state index contributed by atoms with van der Waals surface area (Å²) in [5.41, 5.74) is 0.764. The molecule has 0 aliphatic rings. The van der Waals surface area contributed by atoms with Gasteiger partial charge in [-0.15, -0.1) is 0 Å². The Labute approximate surface area is 119 Å². The van der Waals surface area contributed by atoms with Gasteiger partial charge in [0.15, 0.2) is 0 Å². The van der Waals surface area contributed by atoms with E-state index in [9.17, 15) is 16.8 Å². The third kappa shape index (κ3) is 5.08. The Morgan fingerprint density at radius 3 is 2.25 bits per heavy atom. The molecule has 0 unspecified atom stereocenters. The zero-order chi connectivity index (χ0) is 15.6. The first kappa shape index (κ1) is 16.9. The van der Waals surface area contributed by atoms with Crippen LogP contribution in [-0.2, 0) is 20.2 Å². The molecular weight excluding hydrogens is 302 g/mol. The molecule has 1 rings (SSSR count). The van der Waals surface area contributed by atoms with Crippen LogP contribution in [0, 0.1) is 12.8 Å². The molecule has 1 aromatic rings. The van der Waals surface area contributed by atoms with E-state index in [1.807, 2.05) is 13.8 Å². The van der Waals surface area contributed by atoms with Gasteiger partial charge in [-0.1, -0.05) is 13.8 Å². The smallest absolute Gasteiger partial charge is 0.271 e. The summed E-state index contributed by atoms with van der Waals surface area (Å²) in [6.45, 7) is 5.67. The van der Waals surface area contributed by atoms with Crippen molar-refractivity contribution in [3.8, 4) is 0 Å². The van der Waals surface area contributed by atoms with E-state index >= 15 is 0 Å². The van der Waals surface area contributed by atoms with E-state index in [-0.39, 0.29) is 10.8 Å². The molecule has 0 heterocycles. The zero-order valence-corrected chi connectivity index (χ0v) is 13.2.